The number of nitrogen functional groups attached to an aromatic ring is 2. The molecule has 0 atom stereocenters. The van der Waals surface area contributed by atoms with Crippen LogP contribution in [-0.4, -0.2) is 176 Å². The fourth-order valence-electron chi connectivity index (χ4n) is 15.4. The fourth-order valence-corrected chi connectivity index (χ4v) is 18.1. The number of oxazole rings is 1. The molecule has 4 N–H and O–H groups in total. The Morgan fingerprint density at radius 1 is 0.323 bits per heavy atom. The van der Waals surface area contributed by atoms with E-state index in [-0.39, 0.29) is 49.8 Å². The number of anilines is 2. The lowest BCUT2D eigenvalue weighted by atomic mass is 10.1. The monoisotopic (exact) mass is 1750 g/mol. The summed E-state index contributed by atoms with van der Waals surface area (Å²) in [7, 11) is 4.90. The highest BCUT2D eigenvalue weighted by Crippen LogP contribution is 2.34. The van der Waals surface area contributed by atoms with Crippen molar-refractivity contribution in [1.82, 2.24) is 98.6 Å². The van der Waals surface area contributed by atoms with Crippen LogP contribution in [0.1, 0.15) is 54.1 Å². The van der Waals surface area contributed by atoms with Gasteiger partial charge in [-0.15, -0.1) is 54.4 Å². The second-order valence-electron chi connectivity index (χ2n) is 30.3. The topological polar surface area (TPSA) is 349 Å². The predicted octanol–water partition coefficient (Wildman–Crippen LogP) is 14.0. The van der Waals surface area contributed by atoms with Crippen LogP contribution < -0.4 is 25.7 Å². The van der Waals surface area contributed by atoms with Crippen LogP contribution in [-0.2, 0) is 97.1 Å². The van der Waals surface area contributed by atoms with Gasteiger partial charge in [-0.25, -0.2) is 58.6 Å². The number of thiazole rings is 3. The molecular formula is C94H90N22O8S3. The molecular weight excluding hydrogens is 1660 g/mol. The van der Waals surface area contributed by atoms with Crippen molar-refractivity contribution in [3.05, 3.63) is 279 Å². The lowest BCUT2D eigenvalue weighted by Gasteiger charge is -2.25. The van der Waals surface area contributed by atoms with Crippen LogP contribution in [0, 0.1) is 13.8 Å². The lowest BCUT2D eigenvalue weighted by Crippen LogP contribution is -2.38. The van der Waals surface area contributed by atoms with E-state index in [1.807, 2.05) is 253 Å². The zero-order valence-corrected chi connectivity index (χ0v) is 72.9. The van der Waals surface area contributed by atoms with Gasteiger partial charge in [-0.3, -0.25) is 19.2 Å². The highest BCUT2D eigenvalue weighted by Gasteiger charge is 2.32. The zero-order chi connectivity index (χ0) is 87.4. The molecule has 0 radical (unpaired) electrons. The Labute approximate surface area is 743 Å². The van der Waals surface area contributed by atoms with Crippen LogP contribution in [0.3, 0.4) is 0 Å². The molecule has 0 unspecified atom stereocenters. The van der Waals surface area contributed by atoms with E-state index in [2.05, 4.69) is 35.2 Å². The summed E-state index contributed by atoms with van der Waals surface area (Å²) >= 11 is 4.70. The summed E-state index contributed by atoms with van der Waals surface area (Å²) in [6, 6.07) is 71.8. The number of benzene rings is 8. The Morgan fingerprint density at radius 3 is 0.992 bits per heavy atom. The quantitative estimate of drug-likeness (QED) is 0.0759. The number of hydrogen-bond acceptors (Lipinski definition) is 25. The van der Waals surface area contributed by atoms with Crippen molar-refractivity contribution in [2.45, 2.75) is 91.8 Å². The van der Waals surface area contributed by atoms with Gasteiger partial charge in [0, 0.05) is 131 Å². The van der Waals surface area contributed by atoms with Crippen molar-refractivity contribution in [3.63, 3.8) is 0 Å². The van der Waals surface area contributed by atoms with Crippen LogP contribution in [0.15, 0.2) is 229 Å². The van der Waals surface area contributed by atoms with Gasteiger partial charge in [-0.05, 0) is 79.7 Å². The highest BCUT2D eigenvalue weighted by atomic mass is 32.1. The van der Waals surface area contributed by atoms with Gasteiger partial charge in [-0.1, -0.05) is 152 Å². The third kappa shape index (κ3) is 19.9. The van der Waals surface area contributed by atoms with Crippen LogP contribution in [0.4, 0.5) is 10.3 Å². The molecule has 4 amide bonds. The number of nitrogens with two attached hydrogens (primary N) is 2. The van der Waals surface area contributed by atoms with Crippen molar-refractivity contribution in [1.29, 1.82) is 0 Å². The second-order valence-corrected chi connectivity index (χ2v) is 33.8. The molecule has 8 aromatic heterocycles. The maximum absolute atomic E-state index is 13.3. The lowest BCUT2D eigenvalue weighted by molar-refractivity contribution is -0.133. The van der Waals surface area contributed by atoms with E-state index in [1.165, 1.54) is 37.3 Å². The van der Waals surface area contributed by atoms with Gasteiger partial charge >= 0.3 is 0 Å². The van der Waals surface area contributed by atoms with Crippen molar-refractivity contribution in [3.8, 4) is 108 Å². The minimum Gasteiger partial charge on any atom is -0.497 e. The molecule has 33 heteroatoms. The number of nitrogens with zero attached hydrogens (tertiary/aromatic N) is 20. The number of ether oxygens (including phenoxy) is 3. The first kappa shape index (κ1) is 84.5. The molecule has 16 aromatic rings. The largest absolute Gasteiger partial charge is 0.497 e. The number of fused-ring (bicyclic) bond motifs is 4. The Morgan fingerprint density at radius 2 is 0.638 bits per heavy atom. The number of hydrogen-bond donors (Lipinski definition) is 2. The number of amides is 4. The van der Waals surface area contributed by atoms with Crippen molar-refractivity contribution in [2.75, 3.05) is 65.5 Å². The van der Waals surface area contributed by atoms with E-state index in [0.29, 0.717) is 122 Å². The first-order chi connectivity index (χ1) is 62.0. The summed E-state index contributed by atoms with van der Waals surface area (Å²) in [6.07, 6.45) is 3.70. The Kier molecular flexibility index (Phi) is 25.7. The number of aryl methyl sites for hydroxylation is 2. The summed E-state index contributed by atoms with van der Waals surface area (Å²) in [4.78, 5) is 100. The number of methoxy groups -OCH3 is 3. The molecule has 0 saturated heterocycles. The first-order valence-electron chi connectivity index (χ1n) is 41.5. The summed E-state index contributed by atoms with van der Waals surface area (Å²) in [5, 5.41) is 21.0. The molecule has 0 spiro atoms. The summed E-state index contributed by atoms with van der Waals surface area (Å²) in [5.41, 5.74) is 22.8. The molecule has 0 fully saturated rings. The van der Waals surface area contributed by atoms with Crippen LogP contribution in [0.2, 0.25) is 0 Å². The summed E-state index contributed by atoms with van der Waals surface area (Å²) in [5.74, 6) is 8.72. The molecule has 642 valence electrons. The average molecular weight is 1750 g/mol. The van der Waals surface area contributed by atoms with Gasteiger partial charge in [-0.2, -0.15) is 0 Å². The van der Waals surface area contributed by atoms with E-state index in [9.17, 15) is 19.2 Å². The third-order valence-electron chi connectivity index (χ3n) is 21.9. The Balaban J connectivity index is 0.000000119. The predicted molar refractivity (Wildman–Crippen MR) is 486 cm³/mol. The molecule has 20 rings (SSSR count). The van der Waals surface area contributed by atoms with Crippen LogP contribution in [0.5, 0.6) is 17.2 Å². The van der Waals surface area contributed by atoms with Gasteiger partial charge in [0.05, 0.1) is 68.7 Å². The van der Waals surface area contributed by atoms with E-state index in [0.717, 1.165) is 121 Å². The van der Waals surface area contributed by atoms with E-state index >= 15 is 0 Å². The Bertz CT molecular complexity index is 6440. The minimum absolute atomic E-state index is 0.00575. The smallest absolute Gasteiger partial charge is 0.245 e. The SMILES string of the molecule is COc1ccc(-c2nc(-c3ccccc3)n(CC(=O)N3CCc4nc(C)oc4C3)n2)cc1.COc1ccc(-c2nc(-c3ccccc3)n(CC(=O)N3CCc4nc(N)sc4CC3)n2)cc1.COc1ccc(-c2nc(-c3ccccc3)n(CC(=O)N3Cc4nc(C)sc4C3)n2)cc1.Nc1nc2c(s1)CCN(C(=O)Cn1nc(-c3ccccc3)nc1-c1ccccc1)CC2. The maximum atomic E-state index is 13.3. The van der Waals surface area contributed by atoms with Crippen molar-refractivity contribution < 1.29 is 37.8 Å². The number of aromatic nitrogens is 16. The third-order valence-corrected chi connectivity index (χ3v) is 24.9. The van der Waals surface area contributed by atoms with Crippen LogP contribution in [0.25, 0.3) is 91.1 Å². The number of carbonyl (C=O) groups excluding carboxylic acids is 4. The average Bonchev–Trinajstić information content (AvgIpc) is 1.65. The normalized spacial score (nSPS) is 13.2. The molecule has 0 aliphatic carbocycles. The maximum Gasteiger partial charge on any atom is 0.245 e. The first-order valence-corrected chi connectivity index (χ1v) is 43.9. The molecule has 8 aromatic carbocycles. The summed E-state index contributed by atoms with van der Waals surface area (Å²) < 4.78 is 28.2. The van der Waals surface area contributed by atoms with Gasteiger partial charge < -0.3 is 49.7 Å². The second kappa shape index (κ2) is 38.6. The van der Waals surface area contributed by atoms with Crippen molar-refractivity contribution >= 4 is 67.9 Å². The fraction of sp³-hybridized carbons (Fsp3) is 0.234. The van der Waals surface area contributed by atoms with Crippen LogP contribution >= 0.6 is 34.0 Å². The van der Waals surface area contributed by atoms with E-state index in [1.54, 1.807) is 56.3 Å². The number of carbonyl (C=O) groups is 4. The van der Waals surface area contributed by atoms with Gasteiger partial charge in [0.2, 0.25) is 23.6 Å². The van der Waals surface area contributed by atoms with Gasteiger partial charge in [0.25, 0.3) is 0 Å². The standard InChI is InChI=1S/C24H24N6O2S.C24H23N5O3.C23H22N6OS.C23H21N5O2S/c1-32-18-9-7-16(8-10-18)22-27-23(17-5-3-2-4-6-17)30(28-22)15-21(31)29-13-11-19-20(12-14-29)33-24(25)26-19;1-16-25-20-12-13-28(14-21(20)32-16)22(30)15-29-24(18-6-4-3-5-7-18)26-23(27-29)17-8-10-19(31-2)11-9-17;24-23-25-18-11-13-28(14-12-19(18)31-23)20(30)15-29-22(17-9-5-2-6-10-17)26-21(27-29)16-7-3-1-4-8-16;1-15-24-19-12-27(13-20(19)31-15)21(29)14-28-23(17-6-4-3-5-7-17)25-22(26-28)16-8-10-18(30-2)11-9-16/h2-10H,11-15H2,1H3,(H2,25,26);3-11H,12-15H2,1-2H3;1-10H,11-15H2,(H2,24,25);3-11H,12-14H2,1-2H3. The van der Waals surface area contributed by atoms with Gasteiger partial charge in [0.15, 0.2) is 62.7 Å². The molecule has 4 aliphatic heterocycles. The van der Waals surface area contributed by atoms with Crippen molar-refractivity contribution in [2.24, 2.45) is 0 Å². The molecule has 12 heterocycles. The zero-order valence-electron chi connectivity index (χ0n) is 70.5. The molecule has 0 saturated carbocycles. The molecule has 127 heavy (non-hydrogen) atoms. The Hall–Kier alpha value is -14.7. The van der Waals surface area contributed by atoms with Gasteiger partial charge in [0.1, 0.15) is 49.2 Å². The number of rotatable bonds is 19. The highest BCUT2D eigenvalue weighted by molar-refractivity contribution is 7.15. The van der Waals surface area contributed by atoms with E-state index in [4.69, 9.17) is 55.1 Å². The van der Waals surface area contributed by atoms with E-state index < -0.39 is 0 Å². The minimum atomic E-state index is -0.0342. The summed E-state index contributed by atoms with van der Waals surface area (Å²) in [6.45, 7) is 9.08. The molecule has 4 aliphatic rings. The molecule has 30 nitrogen and oxygen atoms in total. The molecule has 0 bridgehead atoms.